The molecular formula is C12H13NO4S. The molecule has 5 nitrogen and oxygen atoms in total. The standard InChI is InChI=1S/C12H13NO4S/c1-7(13)9(14)12(18,11(16)17)10(15)8-5-3-2-4-6-8/h2-7,18H,13H2,1H3,(H,16,17)/t7-,12?/m0/s1. The molecule has 0 radical (unpaired) electrons. The summed E-state index contributed by atoms with van der Waals surface area (Å²) in [7, 11) is 0. The minimum absolute atomic E-state index is 0.101. The molecule has 2 atom stereocenters. The number of carbonyl (C=O) groups is 3. The number of benzene rings is 1. The zero-order valence-corrected chi connectivity index (χ0v) is 10.6. The van der Waals surface area contributed by atoms with Crippen molar-refractivity contribution in [2.45, 2.75) is 17.7 Å². The quantitative estimate of drug-likeness (QED) is 0.411. The van der Waals surface area contributed by atoms with Gasteiger partial charge in [0.2, 0.25) is 4.75 Å². The summed E-state index contributed by atoms with van der Waals surface area (Å²) in [5.41, 5.74) is 5.46. The highest BCUT2D eigenvalue weighted by atomic mass is 32.1. The molecule has 1 rings (SSSR count). The normalized spacial score (nSPS) is 15.5. The van der Waals surface area contributed by atoms with Gasteiger partial charge in [0.05, 0.1) is 6.04 Å². The van der Waals surface area contributed by atoms with E-state index in [9.17, 15) is 14.4 Å². The van der Waals surface area contributed by atoms with Crippen LogP contribution in [0.4, 0.5) is 0 Å². The number of carboxylic acid groups (broad SMARTS) is 1. The van der Waals surface area contributed by atoms with Crippen LogP contribution < -0.4 is 5.73 Å². The summed E-state index contributed by atoms with van der Waals surface area (Å²) in [5.74, 6) is -3.45. The van der Waals surface area contributed by atoms with Gasteiger partial charge >= 0.3 is 5.97 Å². The Hall–Kier alpha value is -1.66. The Morgan fingerprint density at radius 1 is 1.28 bits per heavy atom. The lowest BCUT2D eigenvalue weighted by molar-refractivity contribution is -0.142. The third-order valence-corrected chi connectivity index (χ3v) is 3.06. The van der Waals surface area contributed by atoms with Gasteiger partial charge < -0.3 is 10.8 Å². The highest BCUT2D eigenvalue weighted by Crippen LogP contribution is 2.24. The predicted octanol–water partition coefficient (Wildman–Crippen LogP) is 0.539. The summed E-state index contributed by atoms with van der Waals surface area (Å²) < 4.78 is -2.45. The minimum atomic E-state index is -2.45. The van der Waals surface area contributed by atoms with Gasteiger partial charge in [0.25, 0.3) is 0 Å². The summed E-state index contributed by atoms with van der Waals surface area (Å²) in [6, 6.07) is 6.56. The molecule has 0 aromatic heterocycles. The number of hydrogen-bond donors (Lipinski definition) is 3. The van der Waals surface area contributed by atoms with Gasteiger partial charge in [-0.2, -0.15) is 0 Å². The van der Waals surface area contributed by atoms with Gasteiger partial charge in [-0.3, -0.25) is 9.59 Å². The second kappa shape index (κ2) is 5.32. The van der Waals surface area contributed by atoms with E-state index in [2.05, 4.69) is 12.6 Å². The number of hydrogen-bond acceptors (Lipinski definition) is 5. The van der Waals surface area contributed by atoms with E-state index in [1.54, 1.807) is 18.2 Å². The van der Waals surface area contributed by atoms with Crippen molar-refractivity contribution in [2.75, 3.05) is 0 Å². The van der Waals surface area contributed by atoms with Crippen LogP contribution >= 0.6 is 12.6 Å². The number of carbonyl (C=O) groups excluding carboxylic acids is 2. The Bertz CT molecular complexity index is 486. The Balaban J connectivity index is 3.26. The number of thiol groups is 1. The summed E-state index contributed by atoms with van der Waals surface area (Å²) >= 11 is 3.78. The van der Waals surface area contributed by atoms with Crippen molar-refractivity contribution < 1.29 is 19.5 Å². The largest absolute Gasteiger partial charge is 0.480 e. The van der Waals surface area contributed by atoms with Crippen LogP contribution in [0.1, 0.15) is 17.3 Å². The second-order valence-electron chi connectivity index (χ2n) is 3.86. The molecule has 0 amide bonds. The van der Waals surface area contributed by atoms with Crippen LogP contribution in [0, 0.1) is 0 Å². The van der Waals surface area contributed by atoms with E-state index in [0.29, 0.717) is 0 Å². The van der Waals surface area contributed by atoms with E-state index >= 15 is 0 Å². The molecule has 1 unspecified atom stereocenters. The number of nitrogens with two attached hydrogens (primary N) is 1. The predicted molar refractivity (Wildman–Crippen MR) is 68.8 cm³/mol. The van der Waals surface area contributed by atoms with Crippen LogP contribution in [0.25, 0.3) is 0 Å². The fourth-order valence-electron chi connectivity index (χ4n) is 1.44. The maximum absolute atomic E-state index is 12.1. The Kier molecular flexibility index (Phi) is 4.26. The van der Waals surface area contributed by atoms with Gasteiger partial charge in [-0.05, 0) is 6.92 Å². The van der Waals surface area contributed by atoms with Crippen LogP contribution in [0.15, 0.2) is 30.3 Å². The zero-order valence-electron chi connectivity index (χ0n) is 9.66. The van der Waals surface area contributed by atoms with Gasteiger partial charge in [0.1, 0.15) is 0 Å². The molecule has 96 valence electrons. The molecule has 0 spiro atoms. The number of rotatable bonds is 5. The van der Waals surface area contributed by atoms with Crippen molar-refractivity contribution in [3.63, 3.8) is 0 Å². The molecular weight excluding hydrogens is 254 g/mol. The van der Waals surface area contributed by atoms with Crippen molar-refractivity contribution in [1.82, 2.24) is 0 Å². The molecule has 0 bridgehead atoms. The molecule has 6 heteroatoms. The third-order valence-electron chi connectivity index (χ3n) is 2.44. The summed E-state index contributed by atoms with van der Waals surface area (Å²) in [5, 5.41) is 9.11. The summed E-state index contributed by atoms with van der Waals surface area (Å²) in [4.78, 5) is 35.1. The van der Waals surface area contributed by atoms with Gasteiger partial charge in [-0.15, -0.1) is 12.6 Å². The van der Waals surface area contributed by atoms with Crippen molar-refractivity contribution in [3.05, 3.63) is 35.9 Å². The van der Waals surface area contributed by atoms with Crippen LogP contribution in [-0.4, -0.2) is 33.4 Å². The highest BCUT2D eigenvalue weighted by Gasteiger charge is 2.50. The molecule has 0 fully saturated rings. The van der Waals surface area contributed by atoms with Crippen LogP contribution in [0.2, 0.25) is 0 Å². The highest BCUT2D eigenvalue weighted by molar-refractivity contribution is 7.85. The summed E-state index contributed by atoms with van der Waals surface area (Å²) in [6.07, 6.45) is 0. The van der Waals surface area contributed by atoms with Crippen molar-refractivity contribution in [1.29, 1.82) is 0 Å². The fraction of sp³-hybridized carbons (Fsp3) is 0.250. The van der Waals surface area contributed by atoms with Gasteiger partial charge in [0, 0.05) is 5.56 Å². The second-order valence-corrected chi connectivity index (χ2v) is 4.53. The average Bonchev–Trinajstić information content (AvgIpc) is 2.36. The molecule has 1 aromatic carbocycles. The van der Waals surface area contributed by atoms with Crippen molar-refractivity contribution in [3.8, 4) is 0 Å². The molecule has 0 aliphatic heterocycles. The molecule has 18 heavy (non-hydrogen) atoms. The maximum atomic E-state index is 12.1. The summed E-state index contributed by atoms with van der Waals surface area (Å²) in [6.45, 7) is 1.31. The molecule has 0 aliphatic carbocycles. The molecule has 3 N–H and O–H groups in total. The first-order valence-corrected chi connectivity index (χ1v) is 5.62. The lowest BCUT2D eigenvalue weighted by Gasteiger charge is -2.22. The first-order chi connectivity index (χ1) is 8.31. The van der Waals surface area contributed by atoms with Gasteiger partial charge in [-0.25, -0.2) is 4.79 Å². The Morgan fingerprint density at radius 2 is 1.78 bits per heavy atom. The van der Waals surface area contributed by atoms with Crippen molar-refractivity contribution in [2.24, 2.45) is 5.73 Å². The lowest BCUT2D eigenvalue weighted by atomic mass is 9.89. The first kappa shape index (κ1) is 14.4. The van der Waals surface area contributed by atoms with Gasteiger partial charge in [-0.1, -0.05) is 30.3 Å². The molecule has 0 saturated heterocycles. The molecule has 0 aliphatic rings. The van der Waals surface area contributed by atoms with Crippen LogP contribution in [0.3, 0.4) is 0 Å². The lowest BCUT2D eigenvalue weighted by Crippen LogP contribution is -2.54. The van der Waals surface area contributed by atoms with E-state index in [1.807, 2.05) is 0 Å². The average molecular weight is 267 g/mol. The monoisotopic (exact) mass is 267 g/mol. The van der Waals surface area contributed by atoms with E-state index < -0.39 is 28.3 Å². The third kappa shape index (κ3) is 2.44. The van der Waals surface area contributed by atoms with Crippen molar-refractivity contribution >= 4 is 30.2 Å². The number of Topliss-reactive ketones (excluding diaryl/α,β-unsaturated/α-hetero) is 2. The fourth-order valence-corrected chi connectivity index (χ4v) is 1.78. The van der Waals surface area contributed by atoms with E-state index in [0.717, 1.165) is 0 Å². The van der Waals surface area contributed by atoms with E-state index in [-0.39, 0.29) is 5.56 Å². The molecule has 0 heterocycles. The number of ketones is 2. The minimum Gasteiger partial charge on any atom is -0.480 e. The van der Waals surface area contributed by atoms with Crippen LogP contribution in [-0.2, 0) is 9.59 Å². The van der Waals surface area contributed by atoms with Crippen LogP contribution in [0.5, 0.6) is 0 Å². The maximum Gasteiger partial charge on any atom is 0.335 e. The Labute approximate surface area is 109 Å². The smallest absolute Gasteiger partial charge is 0.335 e. The van der Waals surface area contributed by atoms with E-state index in [4.69, 9.17) is 10.8 Å². The number of carboxylic acids is 1. The zero-order chi connectivity index (χ0) is 13.9. The van der Waals surface area contributed by atoms with Gasteiger partial charge in [0.15, 0.2) is 11.6 Å². The SMILES string of the molecule is C[C@H](N)C(=O)C(S)(C(=O)O)C(=O)c1ccccc1. The topological polar surface area (TPSA) is 97.5 Å². The molecule has 0 saturated carbocycles. The Morgan fingerprint density at radius 3 is 2.17 bits per heavy atom. The molecule has 1 aromatic rings. The number of aliphatic carboxylic acids is 1. The first-order valence-electron chi connectivity index (χ1n) is 5.17. The van der Waals surface area contributed by atoms with E-state index in [1.165, 1.54) is 19.1 Å².